The number of epoxide rings is 1. The van der Waals surface area contributed by atoms with Crippen LogP contribution in [0.4, 0.5) is 0 Å². The van der Waals surface area contributed by atoms with Crippen molar-refractivity contribution in [3.63, 3.8) is 0 Å². The molecule has 2 heterocycles. The van der Waals surface area contributed by atoms with Crippen LogP contribution < -0.4 is 0 Å². The molecule has 0 amide bonds. The van der Waals surface area contributed by atoms with Gasteiger partial charge in [0, 0.05) is 5.92 Å². The maximum absolute atomic E-state index is 9.16. The van der Waals surface area contributed by atoms with Gasteiger partial charge in [0.05, 0.1) is 18.8 Å². The van der Waals surface area contributed by atoms with Gasteiger partial charge in [-0.2, -0.15) is 0 Å². The Hall–Kier alpha value is -0.940. The second-order valence-electron chi connectivity index (χ2n) is 6.11. The van der Waals surface area contributed by atoms with Crippen molar-refractivity contribution in [2.24, 2.45) is 5.92 Å². The highest BCUT2D eigenvalue weighted by Gasteiger charge is 2.52. The van der Waals surface area contributed by atoms with Crippen molar-refractivity contribution in [3.8, 4) is 0 Å². The molecular weight excluding hydrogens is 256 g/mol. The van der Waals surface area contributed by atoms with Crippen LogP contribution in [0.2, 0.25) is 0 Å². The first-order valence-electron chi connectivity index (χ1n) is 7.19. The van der Waals surface area contributed by atoms with Gasteiger partial charge in [-0.3, -0.25) is 0 Å². The first-order valence-corrected chi connectivity index (χ1v) is 7.19. The zero-order valence-electron chi connectivity index (χ0n) is 12.2. The van der Waals surface area contributed by atoms with Gasteiger partial charge in [-0.25, -0.2) is 0 Å². The summed E-state index contributed by atoms with van der Waals surface area (Å²) in [6, 6.07) is 10.1. The monoisotopic (exact) mass is 278 g/mol. The second kappa shape index (κ2) is 5.11. The number of rotatable bonds is 4. The van der Waals surface area contributed by atoms with E-state index in [1.165, 1.54) is 0 Å². The van der Waals surface area contributed by atoms with Crippen LogP contribution in [0.25, 0.3) is 0 Å². The lowest BCUT2D eigenvalue weighted by molar-refractivity contribution is -0.151. The minimum absolute atomic E-state index is 0.0475. The van der Waals surface area contributed by atoms with Crippen molar-refractivity contribution in [2.75, 3.05) is 6.61 Å². The van der Waals surface area contributed by atoms with E-state index in [1.807, 2.05) is 32.0 Å². The molecule has 0 bridgehead atoms. The summed E-state index contributed by atoms with van der Waals surface area (Å²) in [6.07, 6.45) is -0.138. The SMILES string of the molecule is C[C@@H]([C@H]1O[C@H]1CO)[C@H]1OC(C)(C)O[C@@H]1c1ccccc1. The molecule has 1 N–H and O–H groups in total. The van der Waals surface area contributed by atoms with Crippen molar-refractivity contribution in [1.82, 2.24) is 0 Å². The molecule has 2 aliphatic rings. The third-order valence-corrected chi connectivity index (χ3v) is 4.10. The predicted octanol–water partition coefficient (Wildman–Crippen LogP) is 2.28. The van der Waals surface area contributed by atoms with Crippen molar-refractivity contribution in [2.45, 2.75) is 51.0 Å². The van der Waals surface area contributed by atoms with E-state index in [2.05, 4.69) is 19.1 Å². The zero-order valence-corrected chi connectivity index (χ0v) is 12.2. The number of hydrogen-bond acceptors (Lipinski definition) is 4. The highest BCUT2D eigenvalue weighted by Crippen LogP contribution is 2.45. The van der Waals surface area contributed by atoms with Crippen LogP contribution in [0.3, 0.4) is 0 Å². The zero-order chi connectivity index (χ0) is 14.3. The highest BCUT2D eigenvalue weighted by atomic mass is 16.8. The summed E-state index contributed by atoms with van der Waals surface area (Å²) >= 11 is 0. The number of hydrogen-bond donors (Lipinski definition) is 1. The third-order valence-electron chi connectivity index (χ3n) is 4.10. The van der Waals surface area contributed by atoms with Gasteiger partial charge in [-0.1, -0.05) is 37.3 Å². The maximum atomic E-state index is 9.16. The summed E-state index contributed by atoms with van der Waals surface area (Å²) in [4.78, 5) is 0. The van der Waals surface area contributed by atoms with Gasteiger partial charge in [0.1, 0.15) is 12.2 Å². The summed E-state index contributed by atoms with van der Waals surface area (Å²) in [6.45, 7) is 6.05. The first-order chi connectivity index (χ1) is 9.52. The summed E-state index contributed by atoms with van der Waals surface area (Å²) in [7, 11) is 0. The lowest BCUT2D eigenvalue weighted by atomic mass is 9.91. The summed E-state index contributed by atoms with van der Waals surface area (Å²) in [5.41, 5.74) is 1.12. The highest BCUT2D eigenvalue weighted by molar-refractivity contribution is 5.20. The smallest absolute Gasteiger partial charge is 0.164 e. The van der Waals surface area contributed by atoms with Crippen molar-refractivity contribution in [1.29, 1.82) is 0 Å². The normalized spacial score (nSPS) is 36.8. The van der Waals surface area contributed by atoms with Crippen molar-refractivity contribution < 1.29 is 19.3 Å². The van der Waals surface area contributed by atoms with E-state index in [1.54, 1.807) is 0 Å². The molecular formula is C16H22O4. The average Bonchev–Trinajstić information content (AvgIpc) is 3.16. The molecule has 1 aromatic carbocycles. The van der Waals surface area contributed by atoms with Crippen molar-refractivity contribution in [3.05, 3.63) is 35.9 Å². The van der Waals surface area contributed by atoms with Gasteiger partial charge in [0.25, 0.3) is 0 Å². The molecule has 3 rings (SSSR count). The van der Waals surface area contributed by atoms with Crippen molar-refractivity contribution >= 4 is 0 Å². The minimum Gasteiger partial charge on any atom is -0.394 e. The van der Waals surface area contributed by atoms with Crippen LogP contribution in [0, 0.1) is 5.92 Å². The van der Waals surface area contributed by atoms with Crippen LogP contribution >= 0.6 is 0 Å². The molecule has 0 aliphatic carbocycles. The van der Waals surface area contributed by atoms with Gasteiger partial charge in [0.15, 0.2) is 5.79 Å². The Kier molecular flexibility index (Phi) is 3.58. The van der Waals surface area contributed by atoms with E-state index >= 15 is 0 Å². The molecule has 1 aromatic rings. The lowest BCUT2D eigenvalue weighted by Crippen LogP contribution is -2.30. The van der Waals surface area contributed by atoms with Gasteiger partial charge >= 0.3 is 0 Å². The van der Waals surface area contributed by atoms with Gasteiger partial charge in [0.2, 0.25) is 0 Å². The molecule has 0 radical (unpaired) electrons. The van der Waals surface area contributed by atoms with Crippen LogP contribution in [-0.2, 0) is 14.2 Å². The standard InChI is InChI=1S/C16H22O4/c1-10(13-12(9-17)18-13)14-15(20-16(2,3)19-14)11-7-5-4-6-8-11/h4-8,10,12-15,17H,9H2,1-3H3/t10-,12-,13+,14+,15+/m0/s1. The first kappa shape index (κ1) is 14.0. The maximum Gasteiger partial charge on any atom is 0.164 e. The number of aliphatic hydroxyl groups excluding tert-OH is 1. The van der Waals surface area contributed by atoms with Crippen LogP contribution in [0.15, 0.2) is 30.3 Å². The van der Waals surface area contributed by atoms with Crippen LogP contribution in [0.1, 0.15) is 32.4 Å². The molecule has 2 fully saturated rings. The van der Waals surface area contributed by atoms with E-state index < -0.39 is 5.79 Å². The van der Waals surface area contributed by atoms with E-state index in [0.29, 0.717) is 0 Å². The fourth-order valence-electron chi connectivity index (χ4n) is 3.03. The fourth-order valence-corrected chi connectivity index (χ4v) is 3.03. The van der Waals surface area contributed by atoms with Gasteiger partial charge in [-0.05, 0) is 19.4 Å². The van der Waals surface area contributed by atoms with Gasteiger partial charge in [-0.15, -0.1) is 0 Å². The largest absolute Gasteiger partial charge is 0.394 e. The summed E-state index contributed by atoms with van der Waals surface area (Å²) in [5, 5.41) is 9.16. The Bertz CT molecular complexity index is 459. The molecule has 20 heavy (non-hydrogen) atoms. The van der Waals surface area contributed by atoms with E-state index in [0.717, 1.165) is 5.56 Å². The summed E-state index contributed by atoms with van der Waals surface area (Å²) < 4.78 is 17.7. The molecule has 2 aliphatic heterocycles. The summed E-state index contributed by atoms with van der Waals surface area (Å²) in [5.74, 6) is -0.414. The molecule has 4 nitrogen and oxygen atoms in total. The second-order valence-corrected chi connectivity index (χ2v) is 6.11. The van der Waals surface area contributed by atoms with E-state index in [4.69, 9.17) is 19.3 Å². The number of aliphatic hydroxyl groups is 1. The Morgan fingerprint density at radius 1 is 1.15 bits per heavy atom. The Labute approximate surface area is 119 Å². The minimum atomic E-state index is -0.594. The Balaban J connectivity index is 1.80. The molecule has 110 valence electrons. The van der Waals surface area contributed by atoms with Gasteiger partial charge < -0.3 is 19.3 Å². The quantitative estimate of drug-likeness (QED) is 0.858. The molecule has 0 unspecified atom stereocenters. The number of benzene rings is 1. The Morgan fingerprint density at radius 3 is 2.45 bits per heavy atom. The lowest BCUT2D eigenvalue weighted by Gasteiger charge is -2.22. The number of ether oxygens (including phenoxy) is 3. The van der Waals surface area contributed by atoms with E-state index in [-0.39, 0.29) is 36.9 Å². The Morgan fingerprint density at radius 2 is 1.85 bits per heavy atom. The van der Waals surface area contributed by atoms with Crippen LogP contribution in [-0.4, -0.2) is 35.8 Å². The van der Waals surface area contributed by atoms with E-state index in [9.17, 15) is 0 Å². The molecule has 0 aromatic heterocycles. The average molecular weight is 278 g/mol. The molecule has 4 heteroatoms. The molecule has 0 saturated carbocycles. The topological polar surface area (TPSA) is 51.2 Å². The molecule has 2 saturated heterocycles. The molecule has 0 spiro atoms. The predicted molar refractivity (Wildman–Crippen MR) is 74.1 cm³/mol. The molecule has 5 atom stereocenters. The van der Waals surface area contributed by atoms with Crippen LogP contribution in [0.5, 0.6) is 0 Å². The fraction of sp³-hybridized carbons (Fsp3) is 0.625. The third kappa shape index (κ3) is 2.61.